The highest BCUT2D eigenvalue weighted by Gasteiger charge is 2.34. The minimum Gasteiger partial charge on any atom is -0.308 e. The van der Waals surface area contributed by atoms with Gasteiger partial charge in [0.1, 0.15) is 23.3 Å². The molecule has 20 aromatic rings. The summed E-state index contributed by atoms with van der Waals surface area (Å²) in [6.07, 6.45) is -9.39. The molecule has 0 radical (unpaired) electrons. The summed E-state index contributed by atoms with van der Waals surface area (Å²) in [5.74, 6) is 0. The first-order valence-corrected chi connectivity index (χ1v) is 38.2. The van der Waals surface area contributed by atoms with E-state index in [1.807, 2.05) is 231 Å². The number of rotatable bonds is 11. The van der Waals surface area contributed by atoms with Gasteiger partial charge in [-0.25, -0.2) is 0 Å². The van der Waals surface area contributed by atoms with Gasteiger partial charge in [0.2, 0.25) is 0 Å². The van der Waals surface area contributed by atoms with Gasteiger partial charge < -0.3 is 18.3 Å². The van der Waals surface area contributed by atoms with E-state index in [0.717, 1.165) is 95.5 Å². The normalized spacial score (nSPS) is 11.7. The molecule has 0 aliphatic rings. The van der Waals surface area contributed by atoms with Crippen molar-refractivity contribution < 1.29 is 26.3 Å². The number of nitriles is 6. The molecule has 0 aliphatic carbocycles. The van der Waals surface area contributed by atoms with Gasteiger partial charge in [0.15, 0.2) is 0 Å². The molecule has 0 saturated heterocycles. The van der Waals surface area contributed by atoms with E-state index in [1.165, 1.54) is 12.1 Å². The Balaban J connectivity index is 0.794. The summed E-state index contributed by atoms with van der Waals surface area (Å²) in [5, 5.41) is 71.6. The van der Waals surface area contributed by atoms with Gasteiger partial charge in [-0.1, -0.05) is 158 Å². The number of para-hydroxylation sites is 3. The number of aromatic nitrogens is 4. The fourth-order valence-electron chi connectivity index (χ4n) is 17.4. The van der Waals surface area contributed by atoms with Crippen LogP contribution in [-0.2, 0) is 12.4 Å². The number of hydrogen-bond acceptors (Lipinski definition) is 6. The third-order valence-corrected chi connectivity index (χ3v) is 22.9. The Labute approximate surface area is 680 Å². The van der Waals surface area contributed by atoms with Gasteiger partial charge in [0, 0.05) is 43.1 Å². The van der Waals surface area contributed by atoms with Crippen LogP contribution in [0.5, 0.6) is 0 Å². The molecule has 4 aromatic heterocycles. The Morgan fingerprint density at radius 3 is 0.800 bits per heavy atom. The molecule has 4 heterocycles. The summed E-state index contributed by atoms with van der Waals surface area (Å²) < 4.78 is 97.4. The first-order chi connectivity index (χ1) is 58.4. The first kappa shape index (κ1) is 72.2. The van der Waals surface area contributed by atoms with Crippen molar-refractivity contribution in [1.29, 1.82) is 31.6 Å². The van der Waals surface area contributed by atoms with Gasteiger partial charge in [0.25, 0.3) is 0 Å². The lowest BCUT2D eigenvalue weighted by molar-refractivity contribution is -0.138. The van der Waals surface area contributed by atoms with Crippen LogP contribution in [0.4, 0.5) is 26.3 Å². The predicted molar refractivity (Wildman–Crippen MR) is 460 cm³/mol. The minimum absolute atomic E-state index is 0.195. The lowest BCUT2D eigenvalue weighted by Crippen LogP contribution is -2.06. The van der Waals surface area contributed by atoms with E-state index in [4.69, 9.17) is 0 Å². The van der Waals surface area contributed by atoms with Crippen LogP contribution in [0.25, 0.3) is 188 Å². The van der Waals surface area contributed by atoms with Crippen molar-refractivity contribution in [3.05, 3.63) is 372 Å². The highest BCUT2D eigenvalue weighted by Crippen LogP contribution is 2.48. The van der Waals surface area contributed by atoms with Gasteiger partial charge in [0.05, 0.1) is 125 Å². The maximum atomic E-state index is 14.9. The van der Waals surface area contributed by atoms with Crippen LogP contribution in [0.1, 0.15) is 44.5 Å². The van der Waals surface area contributed by atoms with Gasteiger partial charge in [-0.15, -0.1) is 0 Å². The fourth-order valence-corrected chi connectivity index (χ4v) is 17.4. The Morgan fingerprint density at radius 1 is 0.183 bits per heavy atom. The van der Waals surface area contributed by atoms with Crippen molar-refractivity contribution in [2.24, 2.45) is 0 Å². The van der Waals surface area contributed by atoms with Crippen molar-refractivity contribution in [1.82, 2.24) is 18.3 Å². The summed E-state index contributed by atoms with van der Waals surface area (Å²) in [5.41, 5.74) is 15.9. The smallest absolute Gasteiger partial charge is 0.308 e. The second-order valence-electron chi connectivity index (χ2n) is 29.7. The zero-order valence-corrected chi connectivity index (χ0v) is 62.9. The molecule has 0 atom stereocenters. The van der Waals surface area contributed by atoms with Crippen molar-refractivity contribution in [3.8, 4) is 137 Å². The van der Waals surface area contributed by atoms with Crippen LogP contribution >= 0.6 is 0 Å². The molecular weight excluding hydrogens is 1500 g/mol. The molecule has 0 bridgehead atoms. The molecule has 0 unspecified atom stereocenters. The van der Waals surface area contributed by atoms with Crippen molar-refractivity contribution >= 4 is 87.2 Å². The fraction of sp³-hybridized carbons (Fsp3) is 0.0192. The van der Waals surface area contributed by atoms with Gasteiger partial charge in [-0.3, -0.25) is 0 Å². The van der Waals surface area contributed by atoms with E-state index >= 15 is 0 Å². The predicted octanol–water partition coefficient (Wildman–Crippen LogP) is 27.0. The number of benzene rings is 16. The van der Waals surface area contributed by atoms with E-state index in [9.17, 15) is 57.9 Å². The van der Waals surface area contributed by atoms with E-state index < -0.39 is 23.5 Å². The number of halogens is 6. The summed E-state index contributed by atoms with van der Waals surface area (Å²) in [6, 6.07) is 112. The molecular formula is C104H54F6N10. The van der Waals surface area contributed by atoms with Crippen LogP contribution < -0.4 is 0 Å². The average molecular weight is 1560 g/mol. The van der Waals surface area contributed by atoms with Gasteiger partial charge in [-0.05, 0) is 248 Å². The van der Waals surface area contributed by atoms with Crippen LogP contribution in [0.15, 0.2) is 328 Å². The maximum absolute atomic E-state index is 14.9. The summed E-state index contributed by atoms with van der Waals surface area (Å²) in [7, 11) is 0. The molecule has 0 saturated carbocycles. The molecule has 16 aromatic carbocycles. The summed E-state index contributed by atoms with van der Waals surface area (Å²) >= 11 is 0. The molecule has 16 heteroatoms. The number of hydrogen-bond donors (Lipinski definition) is 0. The molecule has 0 aliphatic heterocycles. The largest absolute Gasteiger partial charge is 0.416 e. The molecule has 562 valence electrons. The van der Waals surface area contributed by atoms with E-state index in [0.29, 0.717) is 128 Å². The zero-order chi connectivity index (χ0) is 82.0. The van der Waals surface area contributed by atoms with Crippen LogP contribution in [0.3, 0.4) is 0 Å². The monoisotopic (exact) mass is 1560 g/mol. The van der Waals surface area contributed by atoms with Gasteiger partial charge in [-0.2, -0.15) is 57.9 Å². The quantitative estimate of drug-likeness (QED) is 0.117. The standard InChI is InChI=1S/C104H54F6N10/c105-103(106,107)79-20-10-18-68(44-79)77-51-99(117-93-27-6-3-24-83(93)86-46-70(30-35-94(86)117)65-15-7-12-61(38-65)55-111)89(59-115)100(52-77)118-95-36-31-71(66-16-8-13-62(39-66)56-112)47-87(95)88-48-72(32-37-96(88)118)75-41-64(58-114)42-76(43-75)74-29-34-85-82-23-2-5-26-92(82)120(98(85)50-74)102-54-78(69-19-11-21-80(45-69)104(108,109)110)53-101(90(102)60-116)119-91-25-4-1-22-81(91)84-33-28-73(49-97(84)119)67-17-9-14-63(40-67)57-113/h1-54H. The highest BCUT2D eigenvalue weighted by molar-refractivity contribution is 6.16. The lowest BCUT2D eigenvalue weighted by Gasteiger charge is -2.19. The second-order valence-corrected chi connectivity index (χ2v) is 29.7. The molecule has 20 rings (SSSR count). The van der Waals surface area contributed by atoms with Crippen LogP contribution in [-0.4, -0.2) is 18.3 Å². The van der Waals surface area contributed by atoms with E-state index in [-0.39, 0.29) is 22.3 Å². The molecule has 0 N–H and O–H groups in total. The van der Waals surface area contributed by atoms with Crippen molar-refractivity contribution in [2.45, 2.75) is 12.4 Å². The van der Waals surface area contributed by atoms with Crippen molar-refractivity contribution in [2.75, 3.05) is 0 Å². The SMILES string of the molecule is N#Cc1cccc(-c2ccc3c(c2)c2ccccc2n3-c2cc(-c3cccc(C(F)(F)F)c3)cc(-n3c4ccc(-c5cccc(C#N)c5)cc4c4cc(-c5cc(C#N)cc(-c6ccc7c8ccccc8n(-c8cc(-c9cccc(C(F)(F)F)c9)cc(-n9c%10ccccc%10c%10ccc(-c%11cccc(C#N)c%11)cc%109)c8C#N)c7c6)c5)ccc43)c2C#N)c1. The summed E-state index contributed by atoms with van der Waals surface area (Å²) in [4.78, 5) is 0. The van der Waals surface area contributed by atoms with Crippen LogP contribution in [0, 0.1) is 68.0 Å². The van der Waals surface area contributed by atoms with E-state index in [2.05, 4.69) is 36.4 Å². The third kappa shape index (κ3) is 12.0. The molecule has 0 amide bonds. The lowest BCUT2D eigenvalue weighted by atomic mass is 9.94. The second kappa shape index (κ2) is 28.1. The highest BCUT2D eigenvalue weighted by atomic mass is 19.4. The molecule has 0 spiro atoms. The average Bonchev–Trinajstić information content (AvgIpc) is 1.56. The molecule has 10 nitrogen and oxygen atoms in total. The number of nitrogens with zero attached hydrogens (tertiary/aromatic N) is 10. The third-order valence-electron chi connectivity index (χ3n) is 22.9. The van der Waals surface area contributed by atoms with Gasteiger partial charge >= 0.3 is 12.4 Å². The minimum atomic E-state index is -4.70. The van der Waals surface area contributed by atoms with E-state index in [1.54, 1.807) is 78.9 Å². The Kier molecular flexibility index (Phi) is 16.9. The maximum Gasteiger partial charge on any atom is 0.416 e. The Bertz CT molecular complexity index is 8120. The number of alkyl halides is 6. The Morgan fingerprint density at radius 2 is 0.442 bits per heavy atom. The molecule has 120 heavy (non-hydrogen) atoms. The molecule has 0 fully saturated rings. The van der Waals surface area contributed by atoms with Crippen molar-refractivity contribution in [3.63, 3.8) is 0 Å². The zero-order valence-electron chi connectivity index (χ0n) is 62.9. The Hall–Kier alpha value is -16.8. The topological polar surface area (TPSA) is 162 Å². The van der Waals surface area contributed by atoms with Crippen LogP contribution in [0.2, 0.25) is 0 Å². The number of fused-ring (bicyclic) bond motifs is 12. The first-order valence-electron chi connectivity index (χ1n) is 38.2. The summed E-state index contributed by atoms with van der Waals surface area (Å²) in [6.45, 7) is 0.